The molecule has 0 spiro atoms. The lowest BCUT2D eigenvalue weighted by atomic mass is 10.1. The number of imidazole rings is 1. The van der Waals surface area contributed by atoms with E-state index < -0.39 is 0 Å². The Morgan fingerprint density at radius 3 is 2.94 bits per heavy atom. The molecule has 2 aromatic rings. The first-order valence-electron chi connectivity index (χ1n) is 6.41. The van der Waals surface area contributed by atoms with Gasteiger partial charge in [0.15, 0.2) is 0 Å². The molecule has 2 unspecified atom stereocenters. The van der Waals surface area contributed by atoms with Crippen LogP contribution in [0.3, 0.4) is 0 Å². The highest BCUT2D eigenvalue weighted by atomic mass is 127. The maximum Gasteiger partial charge on any atom is 0.125 e. The minimum atomic E-state index is 0.496. The SMILES string of the molecule is CC1CCC(n2c(CCl)nc3cc(I)ccc32)C1. The van der Waals surface area contributed by atoms with Crippen LogP contribution in [0.25, 0.3) is 11.0 Å². The zero-order chi connectivity index (χ0) is 12.7. The molecule has 1 heterocycles. The van der Waals surface area contributed by atoms with Crippen molar-refractivity contribution in [2.24, 2.45) is 5.92 Å². The van der Waals surface area contributed by atoms with Crippen LogP contribution in [-0.4, -0.2) is 9.55 Å². The Labute approximate surface area is 126 Å². The molecule has 1 aromatic heterocycles. The van der Waals surface area contributed by atoms with E-state index in [1.54, 1.807) is 0 Å². The summed E-state index contributed by atoms with van der Waals surface area (Å²) < 4.78 is 3.60. The van der Waals surface area contributed by atoms with Gasteiger partial charge in [-0.1, -0.05) is 6.92 Å². The van der Waals surface area contributed by atoms with Crippen LogP contribution in [0.4, 0.5) is 0 Å². The van der Waals surface area contributed by atoms with Gasteiger partial charge < -0.3 is 4.57 Å². The second kappa shape index (κ2) is 5.00. The van der Waals surface area contributed by atoms with Crippen molar-refractivity contribution in [1.82, 2.24) is 9.55 Å². The summed E-state index contributed by atoms with van der Waals surface area (Å²) in [6, 6.07) is 7.06. The molecule has 18 heavy (non-hydrogen) atoms. The number of aromatic nitrogens is 2. The van der Waals surface area contributed by atoms with Gasteiger partial charge in [0.1, 0.15) is 5.82 Å². The van der Waals surface area contributed by atoms with Crippen molar-refractivity contribution in [2.75, 3.05) is 0 Å². The average molecular weight is 375 g/mol. The Bertz CT molecular complexity index is 578. The molecule has 1 aliphatic rings. The maximum atomic E-state index is 6.07. The summed E-state index contributed by atoms with van der Waals surface area (Å²) in [5, 5.41) is 0. The van der Waals surface area contributed by atoms with E-state index in [9.17, 15) is 0 Å². The van der Waals surface area contributed by atoms with Crippen molar-refractivity contribution in [3.05, 3.63) is 27.6 Å². The molecule has 0 amide bonds. The first-order chi connectivity index (χ1) is 8.69. The Hall–Kier alpha value is -0.290. The number of fused-ring (bicyclic) bond motifs is 1. The average Bonchev–Trinajstić information content (AvgIpc) is 2.91. The van der Waals surface area contributed by atoms with Gasteiger partial charge in [-0.2, -0.15) is 0 Å². The van der Waals surface area contributed by atoms with Gasteiger partial charge in [-0.05, 0) is 66.0 Å². The Kier molecular flexibility index (Phi) is 3.54. The number of halogens is 2. The summed E-state index contributed by atoms with van der Waals surface area (Å²) in [4.78, 5) is 4.69. The molecule has 1 aliphatic carbocycles. The normalized spacial score (nSPS) is 23.9. The van der Waals surface area contributed by atoms with E-state index in [1.165, 1.54) is 28.3 Å². The molecule has 2 nitrogen and oxygen atoms in total. The van der Waals surface area contributed by atoms with Crippen molar-refractivity contribution in [3.8, 4) is 0 Å². The van der Waals surface area contributed by atoms with E-state index in [0.717, 1.165) is 17.3 Å². The molecule has 0 saturated heterocycles. The predicted octanol–water partition coefficient (Wildman–Crippen LogP) is 4.74. The maximum absolute atomic E-state index is 6.07. The van der Waals surface area contributed by atoms with Crippen molar-refractivity contribution in [1.29, 1.82) is 0 Å². The number of hydrogen-bond acceptors (Lipinski definition) is 1. The summed E-state index contributed by atoms with van der Waals surface area (Å²) in [5.41, 5.74) is 2.32. The molecule has 0 N–H and O–H groups in total. The third kappa shape index (κ3) is 2.16. The van der Waals surface area contributed by atoms with Crippen LogP contribution in [0.2, 0.25) is 0 Å². The lowest BCUT2D eigenvalue weighted by molar-refractivity contribution is 0.494. The lowest BCUT2D eigenvalue weighted by Crippen LogP contribution is -2.08. The zero-order valence-electron chi connectivity index (χ0n) is 10.4. The van der Waals surface area contributed by atoms with Gasteiger partial charge in [0, 0.05) is 9.61 Å². The van der Waals surface area contributed by atoms with Crippen molar-refractivity contribution in [3.63, 3.8) is 0 Å². The smallest absolute Gasteiger partial charge is 0.125 e. The molecule has 4 heteroatoms. The highest BCUT2D eigenvalue weighted by molar-refractivity contribution is 14.1. The van der Waals surface area contributed by atoms with Crippen molar-refractivity contribution >= 4 is 45.2 Å². The van der Waals surface area contributed by atoms with Crippen molar-refractivity contribution < 1.29 is 0 Å². The fraction of sp³-hybridized carbons (Fsp3) is 0.500. The van der Waals surface area contributed by atoms with Crippen LogP contribution < -0.4 is 0 Å². The third-order valence-corrected chi connectivity index (χ3v) is 4.79. The molecule has 1 aromatic carbocycles. The van der Waals surface area contributed by atoms with Gasteiger partial charge in [0.05, 0.1) is 16.9 Å². The van der Waals surface area contributed by atoms with Gasteiger partial charge in [-0.15, -0.1) is 11.6 Å². The molecular weight excluding hydrogens is 359 g/mol. The molecule has 0 aliphatic heterocycles. The van der Waals surface area contributed by atoms with E-state index in [0.29, 0.717) is 11.9 Å². The highest BCUT2D eigenvalue weighted by Gasteiger charge is 2.26. The predicted molar refractivity (Wildman–Crippen MR) is 84.1 cm³/mol. The van der Waals surface area contributed by atoms with Crippen LogP contribution in [0.15, 0.2) is 18.2 Å². The van der Waals surface area contributed by atoms with Gasteiger partial charge in [0.2, 0.25) is 0 Å². The summed E-state index contributed by atoms with van der Waals surface area (Å²) in [5.74, 6) is 2.34. The van der Waals surface area contributed by atoms with Crippen LogP contribution in [0, 0.1) is 9.49 Å². The van der Waals surface area contributed by atoms with Crippen LogP contribution in [-0.2, 0) is 5.88 Å². The number of hydrogen-bond donors (Lipinski definition) is 0. The van der Waals surface area contributed by atoms with Crippen LogP contribution >= 0.6 is 34.2 Å². The minimum Gasteiger partial charge on any atom is -0.324 e. The monoisotopic (exact) mass is 374 g/mol. The third-order valence-electron chi connectivity index (χ3n) is 3.88. The summed E-state index contributed by atoms with van der Waals surface area (Å²) in [6.45, 7) is 2.34. The summed E-state index contributed by atoms with van der Waals surface area (Å²) >= 11 is 8.40. The number of nitrogens with zero attached hydrogens (tertiary/aromatic N) is 2. The van der Waals surface area contributed by atoms with Gasteiger partial charge in [0.25, 0.3) is 0 Å². The van der Waals surface area contributed by atoms with E-state index in [-0.39, 0.29) is 0 Å². The molecule has 2 atom stereocenters. The molecule has 96 valence electrons. The molecule has 3 rings (SSSR count). The number of alkyl halides is 1. The van der Waals surface area contributed by atoms with Gasteiger partial charge in [-0.3, -0.25) is 0 Å². The second-order valence-electron chi connectivity index (χ2n) is 5.24. The first-order valence-corrected chi connectivity index (χ1v) is 8.02. The van der Waals surface area contributed by atoms with E-state index >= 15 is 0 Å². The lowest BCUT2D eigenvalue weighted by Gasteiger charge is -2.15. The number of rotatable bonds is 2. The van der Waals surface area contributed by atoms with Gasteiger partial charge in [-0.25, -0.2) is 4.98 Å². The number of benzene rings is 1. The minimum absolute atomic E-state index is 0.496. The first kappa shape index (κ1) is 12.7. The Morgan fingerprint density at radius 2 is 2.28 bits per heavy atom. The fourth-order valence-electron chi connectivity index (χ4n) is 3.04. The van der Waals surface area contributed by atoms with Crippen LogP contribution in [0.1, 0.15) is 38.1 Å². The molecule has 1 saturated carbocycles. The van der Waals surface area contributed by atoms with Crippen molar-refractivity contribution in [2.45, 2.75) is 38.1 Å². The Morgan fingerprint density at radius 1 is 1.44 bits per heavy atom. The fourth-order valence-corrected chi connectivity index (χ4v) is 3.70. The van der Waals surface area contributed by atoms with Crippen LogP contribution in [0.5, 0.6) is 0 Å². The van der Waals surface area contributed by atoms with E-state index in [4.69, 9.17) is 11.6 Å². The molecule has 0 radical (unpaired) electrons. The molecular formula is C14H16ClIN2. The summed E-state index contributed by atoms with van der Waals surface area (Å²) in [6.07, 6.45) is 3.82. The zero-order valence-corrected chi connectivity index (χ0v) is 13.3. The largest absolute Gasteiger partial charge is 0.324 e. The molecule has 1 fully saturated rings. The topological polar surface area (TPSA) is 17.8 Å². The van der Waals surface area contributed by atoms with Gasteiger partial charge >= 0.3 is 0 Å². The molecule has 0 bridgehead atoms. The highest BCUT2D eigenvalue weighted by Crippen LogP contribution is 2.37. The standard InChI is InChI=1S/C14H16ClIN2/c1-9-2-4-11(6-9)18-13-5-3-10(16)7-12(13)17-14(18)8-15/h3,5,7,9,11H,2,4,6,8H2,1H3. The van der Waals surface area contributed by atoms with E-state index in [1.807, 2.05) is 0 Å². The van der Waals surface area contributed by atoms with E-state index in [2.05, 4.69) is 57.3 Å². The second-order valence-corrected chi connectivity index (χ2v) is 6.75. The Balaban J connectivity index is 2.13. The quantitative estimate of drug-likeness (QED) is 0.548. The summed E-state index contributed by atoms with van der Waals surface area (Å²) in [7, 11) is 0.